The molecule has 0 nitrogen and oxygen atoms in total. The van der Waals surface area contributed by atoms with Crippen LogP contribution in [0.15, 0.2) is 72.8 Å². The summed E-state index contributed by atoms with van der Waals surface area (Å²) in [5.41, 5.74) is 0. The molecule has 3 aromatic carbocycles. The Bertz CT molecular complexity index is 687. The largest absolute Gasteiger partial charge is 0.129 e. The van der Waals surface area contributed by atoms with E-state index in [1.165, 1.54) is 44.9 Å². The maximum atomic E-state index is 3.06. The topological polar surface area (TPSA) is 0 Å². The number of fused-ring (bicyclic) bond motifs is 3. The van der Waals surface area contributed by atoms with E-state index >= 15 is 0 Å². The van der Waals surface area contributed by atoms with Gasteiger partial charge in [0.1, 0.15) is 0 Å². The van der Waals surface area contributed by atoms with Gasteiger partial charge >= 0.3 is 30.2 Å². The van der Waals surface area contributed by atoms with Crippen molar-refractivity contribution in [3.63, 3.8) is 0 Å². The molecule has 0 heterocycles. The zero-order chi connectivity index (χ0) is 14.2. The summed E-state index contributed by atoms with van der Waals surface area (Å²) in [6, 6.07) is 19.3. The minimum absolute atomic E-state index is 0. The van der Waals surface area contributed by atoms with Crippen LogP contribution in [0.4, 0.5) is 0 Å². The van der Waals surface area contributed by atoms with Crippen molar-refractivity contribution in [2.75, 3.05) is 0 Å². The quantitative estimate of drug-likeness (QED) is 0.321. The third-order valence-electron chi connectivity index (χ3n) is 3.11. The smallest absolute Gasteiger partial charge is 0.0703 e. The Morgan fingerprint density at radius 3 is 2.21 bits per heavy atom. The van der Waals surface area contributed by atoms with Crippen LogP contribution in [0.2, 0.25) is 0 Å². The van der Waals surface area contributed by atoms with Crippen LogP contribution in [0.3, 0.4) is 0 Å². The van der Waals surface area contributed by atoms with E-state index in [1.807, 2.05) is 12.2 Å². The molecule has 24 heavy (non-hydrogen) atoms. The molecule has 0 saturated carbocycles. The van der Waals surface area contributed by atoms with E-state index < -0.39 is 0 Å². The fourth-order valence-electron chi connectivity index (χ4n) is 2.24. The normalized spacial score (nSPS) is 9.79. The minimum atomic E-state index is 0. The molecular weight excluding hydrogens is 430 g/mol. The van der Waals surface area contributed by atoms with Gasteiger partial charge < -0.3 is 39.7 Å². The zero-order valence-corrected chi connectivity index (χ0v) is 18.9. The molecule has 0 bridgehead atoms. The number of halogens is 2. The van der Waals surface area contributed by atoms with Crippen molar-refractivity contribution in [3.05, 3.63) is 93.8 Å². The Morgan fingerprint density at radius 2 is 1.62 bits per heavy atom. The summed E-state index contributed by atoms with van der Waals surface area (Å²) < 4.78 is 0. The molecule has 0 aromatic heterocycles. The number of hydrogen-bond donors (Lipinski definition) is 0. The molecule has 0 spiro atoms. The van der Waals surface area contributed by atoms with Crippen molar-refractivity contribution in [2.24, 2.45) is 0 Å². The average molecular weight is 451 g/mol. The standard InChI is InChI=1S/C13H9.C5H5.2CH3.2ClH.Si.Zr/c1-3-7-12-10(5-1)9-11-6-2-4-8-13(11)12;1-2-4-5-3-1;;;;;;/h1-9H;1-3H,4H2;2*1H3;2*1H;;/q4*-1;;;;/p-2. The molecule has 128 valence electrons. The van der Waals surface area contributed by atoms with Crippen molar-refractivity contribution in [3.8, 4) is 0 Å². The van der Waals surface area contributed by atoms with Crippen LogP contribution < -0.4 is 24.8 Å². The van der Waals surface area contributed by atoms with Crippen LogP contribution >= 0.6 is 0 Å². The van der Waals surface area contributed by atoms with Gasteiger partial charge in [-0.25, -0.2) is 12.2 Å². The molecule has 0 unspecified atom stereocenters. The van der Waals surface area contributed by atoms with Gasteiger partial charge in [0.25, 0.3) is 0 Å². The minimum Gasteiger partial charge on any atom is -0.129 e. The maximum absolute atomic E-state index is 3.06. The van der Waals surface area contributed by atoms with E-state index in [1.54, 1.807) is 0 Å². The van der Waals surface area contributed by atoms with Crippen LogP contribution in [0.1, 0.15) is 6.42 Å². The van der Waals surface area contributed by atoms with Crippen LogP contribution in [-0.2, 0) is 23.3 Å². The fraction of sp³-hybridized carbons (Fsp3) is 0.0500. The van der Waals surface area contributed by atoms with Gasteiger partial charge in [-0.2, -0.15) is 6.08 Å². The van der Waals surface area contributed by atoms with E-state index in [4.69, 9.17) is 0 Å². The second-order valence-electron chi connectivity index (χ2n) is 4.32. The SMILES string of the molecule is [C-]1=CC=CC1.[CH3-].[CH3-].[Cl-].[Cl-].[Si]=[Zr].c1ccc2c(c1)c[c-]1ccccc21. The van der Waals surface area contributed by atoms with Gasteiger partial charge in [0.15, 0.2) is 0 Å². The predicted octanol–water partition coefficient (Wildman–Crippen LogP) is -0.457. The van der Waals surface area contributed by atoms with Gasteiger partial charge in [-0.05, 0) is 0 Å². The Labute approximate surface area is 175 Å². The molecule has 0 aliphatic heterocycles. The molecule has 0 N–H and O–H groups in total. The second kappa shape index (κ2) is 16.0. The van der Waals surface area contributed by atoms with Gasteiger partial charge in [-0.3, -0.25) is 6.08 Å². The number of benzene rings is 2. The van der Waals surface area contributed by atoms with E-state index in [-0.39, 0.29) is 39.7 Å². The van der Waals surface area contributed by atoms with Crippen molar-refractivity contribution in [1.29, 1.82) is 0 Å². The van der Waals surface area contributed by atoms with E-state index in [9.17, 15) is 0 Å². The summed E-state index contributed by atoms with van der Waals surface area (Å²) in [4.78, 5) is 0. The Balaban J connectivity index is -0.000000351. The maximum Gasteiger partial charge on any atom is -0.0703 e. The fourth-order valence-corrected chi connectivity index (χ4v) is 2.24. The van der Waals surface area contributed by atoms with E-state index in [0.29, 0.717) is 0 Å². The monoisotopic (exact) mass is 448 g/mol. The second-order valence-corrected chi connectivity index (χ2v) is 4.32. The van der Waals surface area contributed by atoms with Gasteiger partial charge in [0.2, 0.25) is 0 Å². The van der Waals surface area contributed by atoms with Crippen LogP contribution in [-0.4, -0.2) is 6.88 Å². The van der Waals surface area contributed by atoms with E-state index in [0.717, 1.165) is 6.42 Å². The molecule has 0 saturated heterocycles. The summed E-state index contributed by atoms with van der Waals surface area (Å²) >= 11 is 1.36. The Morgan fingerprint density at radius 1 is 0.958 bits per heavy atom. The molecule has 4 rings (SSSR count). The molecule has 1 aliphatic rings. The van der Waals surface area contributed by atoms with Gasteiger partial charge in [0.05, 0.1) is 0 Å². The molecule has 4 heteroatoms. The van der Waals surface area contributed by atoms with Crippen molar-refractivity contribution >= 4 is 28.4 Å². The first-order chi connectivity index (χ1) is 9.95. The molecule has 3 aromatic rings. The zero-order valence-electron chi connectivity index (χ0n) is 13.9. The summed E-state index contributed by atoms with van der Waals surface area (Å²) in [7, 11) is 0. The van der Waals surface area contributed by atoms with Crippen LogP contribution in [0.5, 0.6) is 0 Å². The van der Waals surface area contributed by atoms with Crippen molar-refractivity contribution in [1.82, 2.24) is 0 Å². The van der Waals surface area contributed by atoms with Crippen LogP contribution in [0.25, 0.3) is 21.5 Å². The summed E-state index contributed by atoms with van der Waals surface area (Å²) in [6.07, 6.45) is 10.0. The summed E-state index contributed by atoms with van der Waals surface area (Å²) in [6.45, 7) is 3.06. The first-order valence-corrected chi connectivity index (χ1v) is 10.6. The molecular formula is C20H20Cl2SiZr-6. The molecule has 1 aliphatic carbocycles. The third kappa shape index (κ3) is 7.57. The summed E-state index contributed by atoms with van der Waals surface area (Å²) in [5.74, 6) is 0. The Kier molecular flexibility index (Phi) is 18.8. The third-order valence-corrected chi connectivity index (χ3v) is 3.11. The van der Waals surface area contributed by atoms with E-state index in [2.05, 4.69) is 73.6 Å². The Hall–Kier alpha value is -0.530. The summed E-state index contributed by atoms with van der Waals surface area (Å²) in [5, 5.41) is 5.39. The van der Waals surface area contributed by atoms with Gasteiger partial charge in [0, 0.05) is 0 Å². The average Bonchev–Trinajstić information content (AvgIpc) is 3.20. The number of rotatable bonds is 0. The first-order valence-electron chi connectivity index (χ1n) is 6.45. The number of hydrogen-bond acceptors (Lipinski definition) is 0. The molecule has 0 atom stereocenters. The van der Waals surface area contributed by atoms with Crippen LogP contribution in [0, 0.1) is 20.9 Å². The molecule has 0 amide bonds. The van der Waals surface area contributed by atoms with Crippen molar-refractivity contribution in [2.45, 2.75) is 6.42 Å². The molecule has 2 radical (unpaired) electrons. The molecule has 0 fully saturated rings. The van der Waals surface area contributed by atoms with Crippen molar-refractivity contribution < 1.29 is 48.1 Å². The predicted molar refractivity (Wildman–Crippen MR) is 97.2 cm³/mol. The number of allylic oxidation sites excluding steroid dienone is 4. The van der Waals surface area contributed by atoms with Gasteiger partial charge in [-0.15, -0.1) is 52.9 Å². The first kappa shape index (κ1) is 28.3. The van der Waals surface area contributed by atoms with Gasteiger partial charge in [-0.1, -0.05) is 29.7 Å².